The Morgan fingerprint density at radius 2 is 1.88 bits per heavy atom. The van der Waals surface area contributed by atoms with E-state index in [0.29, 0.717) is 0 Å². The minimum absolute atomic E-state index is 0.227. The standard InChI is InChI=1S/C19H27N5S/c1-15(17-7-5-4-6-8-17)20-19(25)24-11-9-23(10-12-24)14-18-13-22(3)21-16(18)2/h4-8,13,15H,9-12,14H2,1-3H3,(H,20,25). The van der Waals surface area contributed by atoms with Crippen LogP contribution in [0, 0.1) is 6.92 Å². The summed E-state index contributed by atoms with van der Waals surface area (Å²) in [6, 6.07) is 10.7. The number of aryl methyl sites for hydroxylation is 2. The molecule has 0 spiro atoms. The summed E-state index contributed by atoms with van der Waals surface area (Å²) in [5.74, 6) is 0. The third-order valence-electron chi connectivity index (χ3n) is 4.81. The van der Waals surface area contributed by atoms with E-state index in [0.717, 1.165) is 43.5 Å². The molecule has 1 fully saturated rings. The summed E-state index contributed by atoms with van der Waals surface area (Å²) >= 11 is 5.63. The first-order valence-corrected chi connectivity index (χ1v) is 9.25. The van der Waals surface area contributed by atoms with Gasteiger partial charge in [0.05, 0.1) is 11.7 Å². The lowest BCUT2D eigenvalue weighted by molar-refractivity contribution is 0.173. The highest BCUT2D eigenvalue weighted by Gasteiger charge is 2.21. The molecular formula is C19H27N5S. The number of nitrogens with one attached hydrogen (secondary N) is 1. The van der Waals surface area contributed by atoms with E-state index in [1.807, 2.05) is 17.8 Å². The Morgan fingerprint density at radius 3 is 2.48 bits per heavy atom. The molecular weight excluding hydrogens is 330 g/mol. The van der Waals surface area contributed by atoms with Gasteiger partial charge in [0, 0.05) is 51.5 Å². The van der Waals surface area contributed by atoms with Gasteiger partial charge in [-0.1, -0.05) is 30.3 Å². The molecule has 0 aliphatic carbocycles. The number of nitrogens with zero attached hydrogens (tertiary/aromatic N) is 4. The van der Waals surface area contributed by atoms with Gasteiger partial charge in [0.1, 0.15) is 0 Å². The number of rotatable bonds is 4. The summed E-state index contributed by atoms with van der Waals surface area (Å²) in [4.78, 5) is 4.76. The lowest BCUT2D eigenvalue weighted by atomic mass is 10.1. The van der Waals surface area contributed by atoms with Crippen LogP contribution in [0.1, 0.15) is 29.8 Å². The van der Waals surface area contributed by atoms with Gasteiger partial charge in [0.2, 0.25) is 0 Å². The lowest BCUT2D eigenvalue weighted by Crippen LogP contribution is -2.51. The van der Waals surface area contributed by atoms with Crippen LogP contribution in [0.15, 0.2) is 36.5 Å². The van der Waals surface area contributed by atoms with Gasteiger partial charge >= 0.3 is 0 Å². The zero-order chi connectivity index (χ0) is 17.8. The fourth-order valence-corrected chi connectivity index (χ4v) is 3.61. The third kappa shape index (κ3) is 4.58. The molecule has 3 rings (SSSR count). The second-order valence-electron chi connectivity index (χ2n) is 6.76. The topological polar surface area (TPSA) is 36.3 Å². The van der Waals surface area contributed by atoms with Gasteiger partial charge in [-0.05, 0) is 31.6 Å². The maximum Gasteiger partial charge on any atom is 0.169 e. The van der Waals surface area contributed by atoms with E-state index in [2.05, 4.69) is 64.5 Å². The molecule has 0 amide bonds. The quantitative estimate of drug-likeness (QED) is 0.851. The van der Waals surface area contributed by atoms with Crippen LogP contribution in [0.5, 0.6) is 0 Å². The first-order valence-electron chi connectivity index (χ1n) is 8.85. The molecule has 0 bridgehead atoms. The van der Waals surface area contributed by atoms with E-state index in [4.69, 9.17) is 12.2 Å². The van der Waals surface area contributed by atoms with E-state index >= 15 is 0 Å². The van der Waals surface area contributed by atoms with Crippen molar-refractivity contribution in [1.29, 1.82) is 0 Å². The zero-order valence-corrected chi connectivity index (χ0v) is 16.1. The predicted octanol–water partition coefficient (Wildman–Crippen LogP) is 2.48. The molecule has 1 aromatic carbocycles. The minimum Gasteiger partial charge on any atom is -0.356 e. The summed E-state index contributed by atoms with van der Waals surface area (Å²) in [7, 11) is 1.98. The first kappa shape index (κ1) is 17.9. The van der Waals surface area contributed by atoms with E-state index < -0.39 is 0 Å². The second kappa shape index (κ2) is 7.97. The summed E-state index contributed by atoms with van der Waals surface area (Å²) in [6.45, 7) is 9.18. The Kier molecular flexibility index (Phi) is 5.71. The highest BCUT2D eigenvalue weighted by Crippen LogP contribution is 2.14. The highest BCUT2D eigenvalue weighted by molar-refractivity contribution is 7.80. The van der Waals surface area contributed by atoms with Crippen LogP contribution in [0.4, 0.5) is 0 Å². The van der Waals surface area contributed by atoms with E-state index in [9.17, 15) is 0 Å². The minimum atomic E-state index is 0.227. The van der Waals surface area contributed by atoms with Crippen LogP contribution >= 0.6 is 12.2 Å². The molecule has 1 unspecified atom stereocenters. The molecule has 1 aromatic heterocycles. The number of thiocarbonyl (C=S) groups is 1. The van der Waals surface area contributed by atoms with Gasteiger partial charge in [0.15, 0.2) is 5.11 Å². The summed E-state index contributed by atoms with van der Waals surface area (Å²) in [6.07, 6.45) is 2.12. The van der Waals surface area contributed by atoms with Crippen LogP contribution in [-0.2, 0) is 13.6 Å². The Hall–Kier alpha value is -1.92. The molecule has 0 radical (unpaired) electrons. The molecule has 0 saturated carbocycles. The molecule has 134 valence electrons. The Morgan fingerprint density at radius 1 is 1.20 bits per heavy atom. The molecule has 1 aliphatic rings. The highest BCUT2D eigenvalue weighted by atomic mass is 32.1. The van der Waals surface area contributed by atoms with Gasteiger partial charge in [-0.15, -0.1) is 0 Å². The maximum atomic E-state index is 5.63. The normalized spacial score (nSPS) is 16.7. The van der Waals surface area contributed by atoms with Crippen molar-refractivity contribution >= 4 is 17.3 Å². The van der Waals surface area contributed by atoms with Crippen molar-refractivity contribution in [3.63, 3.8) is 0 Å². The molecule has 25 heavy (non-hydrogen) atoms. The maximum absolute atomic E-state index is 5.63. The predicted molar refractivity (Wildman–Crippen MR) is 105 cm³/mol. The van der Waals surface area contributed by atoms with Crippen molar-refractivity contribution in [2.45, 2.75) is 26.4 Å². The zero-order valence-electron chi connectivity index (χ0n) is 15.3. The van der Waals surface area contributed by atoms with Gasteiger partial charge in [0.25, 0.3) is 0 Å². The van der Waals surface area contributed by atoms with Crippen LogP contribution in [0.2, 0.25) is 0 Å². The van der Waals surface area contributed by atoms with Crippen molar-refractivity contribution in [2.24, 2.45) is 7.05 Å². The molecule has 5 nitrogen and oxygen atoms in total. The third-order valence-corrected chi connectivity index (χ3v) is 5.18. The molecule has 1 aliphatic heterocycles. The van der Waals surface area contributed by atoms with Crippen molar-refractivity contribution in [3.05, 3.63) is 53.3 Å². The molecule has 1 saturated heterocycles. The molecule has 1 atom stereocenters. The largest absolute Gasteiger partial charge is 0.356 e. The Bertz CT molecular complexity index is 704. The number of piperazine rings is 1. The van der Waals surface area contributed by atoms with Crippen LogP contribution < -0.4 is 5.32 Å². The SMILES string of the molecule is Cc1nn(C)cc1CN1CCN(C(=S)NC(C)c2ccccc2)CC1. The Balaban J connectivity index is 1.48. The van der Waals surface area contributed by atoms with Gasteiger partial charge in [-0.25, -0.2) is 0 Å². The number of hydrogen-bond donors (Lipinski definition) is 1. The average molecular weight is 358 g/mol. The van der Waals surface area contributed by atoms with Gasteiger partial charge < -0.3 is 10.2 Å². The summed E-state index contributed by atoms with van der Waals surface area (Å²) in [5, 5.41) is 8.75. The smallest absolute Gasteiger partial charge is 0.169 e. The van der Waals surface area contributed by atoms with Crippen molar-refractivity contribution in [2.75, 3.05) is 26.2 Å². The molecule has 1 N–H and O–H groups in total. The summed E-state index contributed by atoms with van der Waals surface area (Å²) < 4.78 is 1.89. The molecule has 2 heterocycles. The van der Waals surface area contributed by atoms with Crippen LogP contribution in [0.3, 0.4) is 0 Å². The lowest BCUT2D eigenvalue weighted by Gasteiger charge is -2.37. The van der Waals surface area contributed by atoms with E-state index in [1.165, 1.54) is 11.1 Å². The van der Waals surface area contributed by atoms with Crippen LogP contribution in [-0.4, -0.2) is 50.9 Å². The first-order chi connectivity index (χ1) is 12.0. The van der Waals surface area contributed by atoms with Gasteiger partial charge in [-0.2, -0.15) is 5.10 Å². The Labute approximate surface area is 155 Å². The van der Waals surface area contributed by atoms with Crippen LogP contribution in [0.25, 0.3) is 0 Å². The molecule has 2 aromatic rings. The van der Waals surface area contributed by atoms with Crippen molar-refractivity contribution < 1.29 is 0 Å². The van der Waals surface area contributed by atoms with E-state index in [1.54, 1.807) is 0 Å². The second-order valence-corrected chi connectivity index (χ2v) is 7.15. The van der Waals surface area contributed by atoms with E-state index in [-0.39, 0.29) is 6.04 Å². The fourth-order valence-electron chi connectivity index (χ4n) is 3.26. The van der Waals surface area contributed by atoms with Gasteiger partial charge in [-0.3, -0.25) is 9.58 Å². The fraction of sp³-hybridized carbons (Fsp3) is 0.474. The van der Waals surface area contributed by atoms with Crippen molar-refractivity contribution in [1.82, 2.24) is 24.9 Å². The summed E-state index contributed by atoms with van der Waals surface area (Å²) in [5.41, 5.74) is 3.70. The van der Waals surface area contributed by atoms with Crippen molar-refractivity contribution in [3.8, 4) is 0 Å². The molecule has 6 heteroatoms. The average Bonchev–Trinajstić information content (AvgIpc) is 2.93. The number of aromatic nitrogens is 2. The monoisotopic (exact) mass is 357 g/mol. The number of benzene rings is 1. The number of hydrogen-bond acceptors (Lipinski definition) is 3.